The second-order valence-electron chi connectivity index (χ2n) is 2.99. The minimum absolute atomic E-state index is 0.0586. The number of halogens is 2. The maximum atomic E-state index is 13.4. The molecule has 2 nitrogen and oxygen atoms in total. The zero-order valence-corrected chi connectivity index (χ0v) is 7.68. The number of hydrogen-bond acceptors (Lipinski definition) is 2. The van der Waals surface area contributed by atoms with E-state index in [4.69, 9.17) is 16.3 Å². The van der Waals surface area contributed by atoms with E-state index in [0.717, 1.165) is 0 Å². The van der Waals surface area contributed by atoms with Crippen molar-refractivity contribution in [1.29, 1.82) is 0 Å². The minimum Gasteiger partial charge on any atom is -0.423 e. The summed E-state index contributed by atoms with van der Waals surface area (Å²) >= 11 is 5.59. The number of benzene rings is 1. The molecule has 13 heavy (non-hydrogen) atoms. The van der Waals surface area contributed by atoms with Crippen LogP contribution < -0.4 is 5.46 Å². The highest BCUT2D eigenvalue weighted by molar-refractivity contribution is 6.61. The van der Waals surface area contributed by atoms with Gasteiger partial charge in [0, 0.05) is 5.56 Å². The van der Waals surface area contributed by atoms with Crippen LogP contribution in [0.25, 0.3) is 0 Å². The van der Waals surface area contributed by atoms with E-state index in [1.807, 2.05) is 0 Å². The Hall–Kier alpha value is -0.575. The molecule has 0 saturated carbocycles. The first-order valence-corrected chi connectivity index (χ1v) is 4.30. The van der Waals surface area contributed by atoms with Crippen molar-refractivity contribution in [3.8, 4) is 0 Å². The maximum absolute atomic E-state index is 13.4. The summed E-state index contributed by atoms with van der Waals surface area (Å²) < 4.78 is 18.4. The summed E-state index contributed by atoms with van der Waals surface area (Å²) in [6.07, 6.45) is -0.441. The molecule has 1 N–H and O–H groups in total. The predicted molar refractivity (Wildman–Crippen MR) is 48.5 cm³/mol. The molecule has 1 atom stereocenters. The molecule has 0 bridgehead atoms. The molecule has 0 amide bonds. The Morgan fingerprint density at radius 3 is 3.00 bits per heavy atom. The highest BCUT2D eigenvalue weighted by Crippen LogP contribution is 2.28. The molecule has 1 unspecified atom stereocenters. The van der Waals surface area contributed by atoms with Crippen LogP contribution in [0, 0.1) is 5.82 Å². The monoisotopic (exact) mass is 200 g/mol. The van der Waals surface area contributed by atoms with Gasteiger partial charge < -0.3 is 9.68 Å². The Balaban J connectivity index is 2.64. The van der Waals surface area contributed by atoms with Crippen molar-refractivity contribution in [2.75, 3.05) is 0 Å². The third-order valence-electron chi connectivity index (χ3n) is 2.17. The molecule has 0 saturated heterocycles. The Morgan fingerprint density at radius 1 is 1.62 bits per heavy atom. The average molecular weight is 200 g/mol. The molecule has 68 valence electrons. The van der Waals surface area contributed by atoms with Crippen molar-refractivity contribution in [1.82, 2.24) is 0 Å². The smallest absolute Gasteiger partial charge is 0.423 e. The topological polar surface area (TPSA) is 29.5 Å². The van der Waals surface area contributed by atoms with Gasteiger partial charge in [-0.15, -0.1) is 0 Å². The highest BCUT2D eigenvalue weighted by atomic mass is 35.5. The van der Waals surface area contributed by atoms with Gasteiger partial charge in [-0.05, 0) is 18.5 Å². The summed E-state index contributed by atoms with van der Waals surface area (Å²) in [5.74, 6) is -0.497. The van der Waals surface area contributed by atoms with E-state index in [1.165, 1.54) is 6.07 Å². The quantitative estimate of drug-likeness (QED) is 0.639. The molecule has 1 heterocycles. The average Bonchev–Trinajstić information content (AvgIpc) is 2.35. The van der Waals surface area contributed by atoms with Crippen molar-refractivity contribution in [2.45, 2.75) is 13.0 Å². The normalized spacial score (nSPS) is 20.6. The molecular formula is C8H7BClFO2. The molecule has 1 aliphatic heterocycles. The summed E-state index contributed by atoms with van der Waals surface area (Å²) in [5, 5.41) is 9.39. The first-order valence-electron chi connectivity index (χ1n) is 3.92. The first kappa shape index (κ1) is 9.00. The zero-order chi connectivity index (χ0) is 9.59. The standard InChI is InChI=1S/C8H7BClFO2/c1-4-7-5(9(12)13-4)2-3-6(10)8(7)11/h2-4,12H,1H3. The van der Waals surface area contributed by atoms with Crippen LogP contribution in [-0.4, -0.2) is 12.1 Å². The van der Waals surface area contributed by atoms with Gasteiger partial charge in [-0.3, -0.25) is 0 Å². The fourth-order valence-electron chi connectivity index (χ4n) is 1.54. The first-order chi connectivity index (χ1) is 6.11. The van der Waals surface area contributed by atoms with Crippen molar-refractivity contribution in [2.24, 2.45) is 0 Å². The van der Waals surface area contributed by atoms with Crippen LogP contribution in [0.15, 0.2) is 12.1 Å². The van der Waals surface area contributed by atoms with Crippen LogP contribution in [0.3, 0.4) is 0 Å². The molecule has 0 fully saturated rings. The summed E-state index contributed by atoms with van der Waals surface area (Å²) in [5.41, 5.74) is 0.828. The van der Waals surface area contributed by atoms with Gasteiger partial charge in [0.15, 0.2) is 0 Å². The second-order valence-corrected chi connectivity index (χ2v) is 3.40. The minimum atomic E-state index is -1.03. The van der Waals surface area contributed by atoms with Crippen LogP contribution in [0.4, 0.5) is 4.39 Å². The SMILES string of the molecule is CC1OB(O)c2ccc(Cl)c(F)c21. The molecule has 0 aliphatic carbocycles. The summed E-state index contributed by atoms with van der Waals surface area (Å²) in [7, 11) is -1.03. The molecule has 0 aromatic heterocycles. The predicted octanol–water partition coefficient (Wildman–Crippen LogP) is 1.26. The lowest BCUT2D eigenvalue weighted by molar-refractivity contribution is 0.205. The Labute approximate surface area is 80.4 Å². The molecule has 1 aromatic carbocycles. The van der Waals surface area contributed by atoms with Crippen LogP contribution in [0.2, 0.25) is 5.02 Å². The fourth-order valence-corrected chi connectivity index (χ4v) is 1.71. The molecule has 1 aromatic rings. The lowest BCUT2D eigenvalue weighted by Gasteiger charge is -2.05. The van der Waals surface area contributed by atoms with E-state index in [2.05, 4.69) is 0 Å². The Morgan fingerprint density at radius 2 is 2.31 bits per heavy atom. The van der Waals surface area contributed by atoms with Crippen molar-refractivity contribution < 1.29 is 14.1 Å². The van der Waals surface area contributed by atoms with Gasteiger partial charge >= 0.3 is 7.12 Å². The Kier molecular flexibility index (Phi) is 2.06. The van der Waals surface area contributed by atoms with Gasteiger partial charge in [0.1, 0.15) is 5.82 Å². The van der Waals surface area contributed by atoms with Gasteiger partial charge in [0.2, 0.25) is 0 Å². The third-order valence-corrected chi connectivity index (χ3v) is 2.46. The Bertz CT molecular complexity index is 358. The molecule has 0 radical (unpaired) electrons. The van der Waals surface area contributed by atoms with Gasteiger partial charge in [-0.25, -0.2) is 4.39 Å². The fraction of sp³-hybridized carbons (Fsp3) is 0.250. The second kappa shape index (κ2) is 2.98. The number of hydrogen-bond donors (Lipinski definition) is 1. The van der Waals surface area contributed by atoms with E-state index in [9.17, 15) is 9.41 Å². The lowest BCUT2D eigenvalue weighted by atomic mass is 9.79. The van der Waals surface area contributed by atoms with Crippen molar-refractivity contribution >= 4 is 24.2 Å². The van der Waals surface area contributed by atoms with E-state index in [-0.39, 0.29) is 5.02 Å². The summed E-state index contributed by atoms with van der Waals surface area (Å²) in [4.78, 5) is 0. The van der Waals surface area contributed by atoms with Crippen LogP contribution in [0.1, 0.15) is 18.6 Å². The largest absolute Gasteiger partial charge is 0.492 e. The van der Waals surface area contributed by atoms with Crippen molar-refractivity contribution in [3.05, 3.63) is 28.5 Å². The number of rotatable bonds is 0. The molecule has 0 spiro atoms. The van der Waals surface area contributed by atoms with Crippen LogP contribution >= 0.6 is 11.6 Å². The summed E-state index contributed by atoms with van der Waals surface area (Å²) in [6, 6.07) is 3.00. The van der Waals surface area contributed by atoms with Gasteiger partial charge in [-0.1, -0.05) is 17.7 Å². The maximum Gasteiger partial charge on any atom is 0.492 e. The van der Waals surface area contributed by atoms with E-state index in [0.29, 0.717) is 11.0 Å². The highest BCUT2D eigenvalue weighted by Gasteiger charge is 2.35. The van der Waals surface area contributed by atoms with Gasteiger partial charge in [-0.2, -0.15) is 0 Å². The van der Waals surface area contributed by atoms with E-state index < -0.39 is 19.0 Å². The van der Waals surface area contributed by atoms with Gasteiger partial charge in [0.05, 0.1) is 11.1 Å². The molecule has 2 rings (SSSR count). The van der Waals surface area contributed by atoms with Crippen LogP contribution in [-0.2, 0) is 4.65 Å². The molecule has 5 heteroatoms. The molecular weight excluding hydrogens is 193 g/mol. The van der Waals surface area contributed by atoms with E-state index >= 15 is 0 Å². The molecule has 1 aliphatic rings. The van der Waals surface area contributed by atoms with E-state index in [1.54, 1.807) is 13.0 Å². The van der Waals surface area contributed by atoms with Gasteiger partial charge in [0.25, 0.3) is 0 Å². The number of fused-ring (bicyclic) bond motifs is 1. The van der Waals surface area contributed by atoms with Crippen molar-refractivity contribution in [3.63, 3.8) is 0 Å². The van der Waals surface area contributed by atoms with Crippen LogP contribution in [0.5, 0.6) is 0 Å². The zero-order valence-electron chi connectivity index (χ0n) is 6.92. The lowest BCUT2D eigenvalue weighted by Crippen LogP contribution is -2.28. The summed E-state index contributed by atoms with van der Waals surface area (Å²) in [6.45, 7) is 1.68. The third kappa shape index (κ3) is 1.26.